The summed E-state index contributed by atoms with van der Waals surface area (Å²) in [5.41, 5.74) is 5.32. The van der Waals surface area contributed by atoms with Gasteiger partial charge in [0.1, 0.15) is 5.69 Å². The molecule has 1 rings (SSSR count). The van der Waals surface area contributed by atoms with Gasteiger partial charge in [0.2, 0.25) is 5.03 Å². The number of nitrogens with zero attached hydrogens (tertiary/aromatic N) is 2. The maximum Gasteiger partial charge on any atom is 0.223 e. The molecule has 0 saturated heterocycles. The molecule has 0 radical (unpaired) electrons. The van der Waals surface area contributed by atoms with E-state index in [0.29, 0.717) is 0 Å². The van der Waals surface area contributed by atoms with E-state index >= 15 is 0 Å². The molecular weight excluding hydrogens is 170 g/mol. The highest BCUT2D eigenvalue weighted by molar-refractivity contribution is 7.90. The molecule has 0 aliphatic heterocycles. The van der Waals surface area contributed by atoms with Crippen molar-refractivity contribution in [1.82, 2.24) is 10.3 Å². The summed E-state index contributed by atoms with van der Waals surface area (Å²) in [6.07, 6.45) is 1.02. The quantitative estimate of drug-likeness (QED) is 0.617. The van der Waals surface area contributed by atoms with Gasteiger partial charge in [0.25, 0.3) is 0 Å². The molecule has 0 atom stereocenters. The van der Waals surface area contributed by atoms with E-state index in [1.54, 1.807) is 0 Å². The van der Waals surface area contributed by atoms with Crippen LogP contribution in [0.25, 0.3) is 0 Å². The summed E-state index contributed by atoms with van der Waals surface area (Å²) in [6.45, 7) is 0.00586. The molecule has 6 nitrogen and oxygen atoms in total. The van der Waals surface area contributed by atoms with Crippen LogP contribution in [0.1, 0.15) is 5.69 Å². The predicted octanol–water partition coefficient (Wildman–Crippen LogP) is -1.07. The molecule has 0 amide bonds. The third kappa shape index (κ3) is 1.55. The zero-order valence-electron chi connectivity index (χ0n) is 5.81. The second kappa shape index (κ2) is 2.59. The summed E-state index contributed by atoms with van der Waals surface area (Å²) in [4.78, 5) is 0. The summed E-state index contributed by atoms with van der Waals surface area (Å²) in [6, 6.07) is 0. The van der Waals surface area contributed by atoms with Crippen molar-refractivity contribution in [2.24, 2.45) is 5.73 Å². The lowest BCUT2D eigenvalue weighted by molar-refractivity contribution is 0.295. The van der Waals surface area contributed by atoms with Crippen LogP contribution in [0.2, 0.25) is 0 Å². The minimum atomic E-state index is -3.35. The van der Waals surface area contributed by atoms with E-state index in [4.69, 9.17) is 5.73 Å². The molecule has 0 unspecified atom stereocenters. The third-order valence-electron chi connectivity index (χ3n) is 1.07. The van der Waals surface area contributed by atoms with Gasteiger partial charge in [-0.2, -0.15) is 0 Å². The molecule has 11 heavy (non-hydrogen) atoms. The van der Waals surface area contributed by atoms with Gasteiger partial charge in [0.15, 0.2) is 9.84 Å². The molecule has 62 valence electrons. The lowest BCUT2D eigenvalue weighted by Crippen LogP contribution is -2.05. The zero-order chi connectivity index (χ0) is 8.48. The van der Waals surface area contributed by atoms with Crippen LogP contribution >= 0.6 is 0 Å². The van der Waals surface area contributed by atoms with Crippen molar-refractivity contribution in [3.8, 4) is 0 Å². The Kier molecular flexibility index (Phi) is 1.92. The van der Waals surface area contributed by atoms with Crippen molar-refractivity contribution < 1.29 is 13.0 Å². The largest absolute Gasteiger partial charge is 0.325 e. The molecule has 0 saturated carbocycles. The molecule has 7 heteroatoms. The number of hydrogen-bond acceptors (Lipinski definition) is 6. The van der Waals surface area contributed by atoms with Crippen LogP contribution in [-0.2, 0) is 16.4 Å². The molecule has 0 spiro atoms. The van der Waals surface area contributed by atoms with E-state index in [0.717, 1.165) is 6.26 Å². The highest BCUT2D eigenvalue weighted by Gasteiger charge is 2.18. The van der Waals surface area contributed by atoms with Crippen LogP contribution in [0.15, 0.2) is 9.65 Å². The van der Waals surface area contributed by atoms with E-state index in [9.17, 15) is 8.42 Å². The highest BCUT2D eigenvalue weighted by atomic mass is 32.2. The Morgan fingerprint density at radius 1 is 1.55 bits per heavy atom. The van der Waals surface area contributed by atoms with E-state index in [1.165, 1.54) is 0 Å². The lowest BCUT2D eigenvalue weighted by atomic mass is 10.5. The minimum Gasteiger partial charge on any atom is -0.325 e. The fraction of sp³-hybridized carbons (Fsp3) is 0.500. The fourth-order valence-corrected chi connectivity index (χ4v) is 1.32. The first-order valence-corrected chi connectivity index (χ1v) is 4.66. The van der Waals surface area contributed by atoms with Gasteiger partial charge in [-0.05, 0) is 5.16 Å². The fourth-order valence-electron chi connectivity index (χ4n) is 0.605. The van der Waals surface area contributed by atoms with Crippen molar-refractivity contribution in [2.45, 2.75) is 11.6 Å². The number of rotatable bonds is 2. The molecule has 0 fully saturated rings. The van der Waals surface area contributed by atoms with Crippen molar-refractivity contribution >= 4 is 9.84 Å². The summed E-state index contributed by atoms with van der Waals surface area (Å²) < 4.78 is 25.9. The summed E-state index contributed by atoms with van der Waals surface area (Å²) in [5, 5.41) is 6.33. The van der Waals surface area contributed by atoms with Gasteiger partial charge in [-0.15, -0.1) is 0 Å². The average molecular weight is 177 g/mol. The summed E-state index contributed by atoms with van der Waals surface area (Å²) >= 11 is 0. The van der Waals surface area contributed by atoms with Gasteiger partial charge < -0.3 is 5.73 Å². The van der Waals surface area contributed by atoms with Gasteiger partial charge in [0, 0.05) is 12.8 Å². The Morgan fingerprint density at radius 2 is 2.18 bits per heavy atom. The molecule has 2 N–H and O–H groups in total. The van der Waals surface area contributed by atoms with Gasteiger partial charge in [-0.3, -0.25) is 0 Å². The lowest BCUT2D eigenvalue weighted by Gasteiger charge is -1.89. The van der Waals surface area contributed by atoms with Crippen molar-refractivity contribution in [3.63, 3.8) is 0 Å². The molecule has 1 aromatic heterocycles. The van der Waals surface area contributed by atoms with Crippen molar-refractivity contribution in [1.29, 1.82) is 0 Å². The Hall–Kier alpha value is -0.950. The van der Waals surface area contributed by atoms with E-state index in [1.807, 2.05) is 0 Å². The Balaban J connectivity index is 3.24. The Bertz CT molecular complexity index is 341. The van der Waals surface area contributed by atoms with Crippen LogP contribution in [0, 0.1) is 0 Å². The SMILES string of the molecule is CS(=O)(=O)c1nonc1CN. The molecule has 1 aromatic rings. The van der Waals surface area contributed by atoms with Gasteiger partial charge >= 0.3 is 0 Å². The number of sulfone groups is 1. The first-order valence-electron chi connectivity index (χ1n) is 2.77. The summed E-state index contributed by atoms with van der Waals surface area (Å²) in [7, 11) is -3.35. The van der Waals surface area contributed by atoms with E-state index in [-0.39, 0.29) is 17.3 Å². The Morgan fingerprint density at radius 3 is 2.55 bits per heavy atom. The normalized spacial score (nSPS) is 11.8. The summed E-state index contributed by atoms with van der Waals surface area (Å²) in [5.74, 6) is 0. The van der Waals surface area contributed by atoms with Crippen LogP contribution in [-0.4, -0.2) is 25.0 Å². The van der Waals surface area contributed by atoms with Gasteiger partial charge in [-0.1, -0.05) is 5.16 Å². The van der Waals surface area contributed by atoms with Crippen molar-refractivity contribution in [2.75, 3.05) is 6.26 Å². The number of hydrogen-bond donors (Lipinski definition) is 1. The maximum atomic E-state index is 10.9. The van der Waals surface area contributed by atoms with E-state index < -0.39 is 9.84 Å². The first-order chi connectivity index (χ1) is 5.05. The molecular formula is C4H7N3O3S. The zero-order valence-corrected chi connectivity index (χ0v) is 6.63. The number of aromatic nitrogens is 2. The molecule has 0 aromatic carbocycles. The van der Waals surface area contributed by atoms with Crippen LogP contribution < -0.4 is 5.73 Å². The van der Waals surface area contributed by atoms with Crippen molar-refractivity contribution in [3.05, 3.63) is 5.69 Å². The van der Waals surface area contributed by atoms with Gasteiger partial charge in [-0.25, -0.2) is 13.0 Å². The second-order valence-corrected chi connectivity index (χ2v) is 3.92. The number of nitrogens with two attached hydrogens (primary N) is 1. The van der Waals surface area contributed by atoms with E-state index in [2.05, 4.69) is 14.9 Å². The first kappa shape index (κ1) is 8.15. The second-order valence-electron chi connectivity index (χ2n) is 1.99. The van der Waals surface area contributed by atoms with Crippen LogP contribution in [0.3, 0.4) is 0 Å². The average Bonchev–Trinajstić information content (AvgIpc) is 2.31. The third-order valence-corrected chi connectivity index (χ3v) is 2.08. The minimum absolute atomic E-state index is 0.00586. The highest BCUT2D eigenvalue weighted by Crippen LogP contribution is 2.08. The molecule has 0 aliphatic rings. The van der Waals surface area contributed by atoms with Gasteiger partial charge in [0.05, 0.1) is 0 Å². The Labute approximate surface area is 63.3 Å². The van der Waals surface area contributed by atoms with Crippen LogP contribution in [0.4, 0.5) is 0 Å². The monoisotopic (exact) mass is 177 g/mol. The predicted molar refractivity (Wildman–Crippen MR) is 35.3 cm³/mol. The maximum absolute atomic E-state index is 10.9. The standard InChI is InChI=1S/C4H7N3O3S/c1-11(8,9)4-3(2-5)6-10-7-4/h2,5H2,1H3. The molecule has 1 heterocycles. The topological polar surface area (TPSA) is 99.1 Å². The molecule has 0 bridgehead atoms. The van der Waals surface area contributed by atoms with Crippen LogP contribution in [0.5, 0.6) is 0 Å². The molecule has 0 aliphatic carbocycles. The smallest absolute Gasteiger partial charge is 0.223 e.